The summed E-state index contributed by atoms with van der Waals surface area (Å²) in [6, 6.07) is 0.181. The second-order valence-corrected chi connectivity index (χ2v) is 12.9. The number of anilines is 1. The minimum absolute atomic E-state index is 0.0190. The molecule has 1 aliphatic carbocycles. The van der Waals surface area contributed by atoms with Gasteiger partial charge in [0.1, 0.15) is 12.7 Å². The molecule has 2 aromatic rings. The van der Waals surface area contributed by atoms with Crippen LogP contribution in [0.1, 0.15) is 66.5 Å². The number of rotatable bonds is 15. The highest BCUT2D eigenvalue weighted by Crippen LogP contribution is 2.54. The van der Waals surface area contributed by atoms with Crippen LogP contribution in [0.4, 0.5) is 5.82 Å². The molecule has 2 aromatic heterocycles. The van der Waals surface area contributed by atoms with E-state index in [1.165, 1.54) is 25.5 Å². The van der Waals surface area contributed by atoms with E-state index in [0.29, 0.717) is 11.3 Å². The zero-order valence-corrected chi connectivity index (χ0v) is 27.3. The highest BCUT2D eigenvalue weighted by Gasteiger charge is 2.52. The van der Waals surface area contributed by atoms with Crippen LogP contribution in [-0.2, 0) is 51.7 Å². The average Bonchev–Trinajstić information content (AvgIpc) is 3.69. The summed E-state index contributed by atoms with van der Waals surface area (Å²) < 4.78 is 54.0. The molecule has 0 amide bonds. The molecule has 250 valence electrons. The van der Waals surface area contributed by atoms with Gasteiger partial charge in [-0.25, -0.2) is 0 Å². The first-order valence-corrected chi connectivity index (χ1v) is 16.6. The lowest BCUT2D eigenvalue weighted by Gasteiger charge is -2.28. The Morgan fingerprint density at radius 2 is 1.67 bits per heavy atom. The molecule has 1 saturated carbocycles. The minimum Gasteiger partial charge on any atom is -0.462 e. The van der Waals surface area contributed by atoms with E-state index < -0.39 is 62.5 Å². The van der Waals surface area contributed by atoms with E-state index in [1.807, 2.05) is 0 Å². The molecule has 4 rings (SSSR count). The first-order valence-electron chi connectivity index (χ1n) is 14.6. The maximum Gasteiger partial charge on any atom is 0.362 e. The molecule has 0 bridgehead atoms. The van der Waals surface area contributed by atoms with E-state index in [4.69, 9.17) is 44.3 Å². The predicted octanol–water partition coefficient (Wildman–Crippen LogP) is 3.16. The number of aromatic nitrogens is 5. The van der Waals surface area contributed by atoms with Crippen molar-refractivity contribution < 1.29 is 51.7 Å². The van der Waals surface area contributed by atoms with E-state index >= 15 is 0 Å². The quantitative estimate of drug-likeness (QED) is 0.125. The summed E-state index contributed by atoms with van der Waals surface area (Å²) in [4.78, 5) is 44.6. The van der Waals surface area contributed by atoms with Gasteiger partial charge < -0.3 is 38.0 Å². The molecule has 5 atom stereocenters. The topological polar surface area (TPSA) is 201 Å². The number of fused-ring (bicyclic) bond motifs is 1. The molecule has 0 spiro atoms. The Morgan fingerprint density at radius 3 is 2.27 bits per heavy atom. The number of ether oxygens (including phenoxy) is 5. The second-order valence-electron chi connectivity index (χ2n) is 10.4. The Labute approximate surface area is 264 Å². The lowest BCUT2D eigenvalue weighted by molar-refractivity contribution is -0.166. The van der Waals surface area contributed by atoms with Gasteiger partial charge in [0.15, 0.2) is 41.3 Å². The molecule has 1 N–H and O–H groups in total. The van der Waals surface area contributed by atoms with Gasteiger partial charge in [0.05, 0.1) is 19.8 Å². The van der Waals surface area contributed by atoms with Gasteiger partial charge in [-0.2, -0.15) is 14.6 Å². The maximum atomic E-state index is 13.6. The number of halogens is 1. The fraction of sp³-hybridized carbons (Fsp3) is 0.731. The third-order valence-electron chi connectivity index (χ3n) is 6.98. The van der Waals surface area contributed by atoms with Crippen molar-refractivity contribution in [3.8, 4) is 0 Å². The first-order chi connectivity index (χ1) is 21.4. The minimum atomic E-state index is -3.96. The standard InChI is InChI=1S/C26H38ClN6O11P/c1-6-40-45(37,41-7-2)19(13-38-14(3)34)39-12-18-21(42-15(4)35)22(43-16(5)36)25(44-18)33-24-20(31-32-33)23(29-26(27)30-24)28-17-10-8-9-11-17/h17-19,21-22,25H,6-13H2,1-5H3,(H,28,29,30)/t18-,19?,21-,22-,25-/m1/s1. The van der Waals surface area contributed by atoms with E-state index in [2.05, 4.69) is 25.6 Å². The predicted molar refractivity (Wildman–Crippen MR) is 156 cm³/mol. The van der Waals surface area contributed by atoms with Gasteiger partial charge in [-0.3, -0.25) is 18.9 Å². The van der Waals surface area contributed by atoms with Crippen molar-refractivity contribution in [2.45, 2.75) is 96.7 Å². The molecule has 1 saturated heterocycles. The van der Waals surface area contributed by atoms with Crippen LogP contribution in [0, 0.1) is 0 Å². The van der Waals surface area contributed by atoms with Crippen molar-refractivity contribution in [1.29, 1.82) is 0 Å². The Morgan fingerprint density at radius 1 is 1.02 bits per heavy atom. The molecule has 2 fully saturated rings. The lowest BCUT2D eigenvalue weighted by Crippen LogP contribution is -2.41. The highest BCUT2D eigenvalue weighted by atomic mass is 35.5. The van der Waals surface area contributed by atoms with Crippen LogP contribution >= 0.6 is 19.2 Å². The van der Waals surface area contributed by atoms with Crippen LogP contribution in [0.5, 0.6) is 0 Å². The molecular formula is C26H38ClN6O11P. The van der Waals surface area contributed by atoms with Crippen molar-refractivity contribution >= 4 is 54.1 Å². The largest absolute Gasteiger partial charge is 0.462 e. The zero-order valence-electron chi connectivity index (χ0n) is 25.7. The molecular weight excluding hydrogens is 639 g/mol. The Hall–Kier alpha value is -2.95. The van der Waals surface area contributed by atoms with Gasteiger partial charge in [-0.15, -0.1) is 5.10 Å². The first kappa shape index (κ1) is 34.9. The van der Waals surface area contributed by atoms with Crippen LogP contribution in [-0.4, -0.2) is 99.5 Å². The lowest BCUT2D eigenvalue weighted by atomic mass is 10.1. The number of hydrogen-bond donors (Lipinski definition) is 1. The van der Waals surface area contributed by atoms with Gasteiger partial charge in [0, 0.05) is 26.8 Å². The summed E-state index contributed by atoms with van der Waals surface area (Å²) in [6.07, 6.45) is -0.728. The molecule has 17 nitrogen and oxygen atoms in total. The number of carbonyl (C=O) groups is 3. The summed E-state index contributed by atoms with van der Waals surface area (Å²) in [6.45, 7) is 5.96. The van der Waals surface area contributed by atoms with Crippen LogP contribution in [0.25, 0.3) is 11.2 Å². The molecule has 3 heterocycles. The maximum absolute atomic E-state index is 13.6. The van der Waals surface area contributed by atoms with Gasteiger partial charge >= 0.3 is 25.5 Å². The normalized spacial score (nSPS) is 22.8. The van der Waals surface area contributed by atoms with E-state index in [9.17, 15) is 18.9 Å². The van der Waals surface area contributed by atoms with E-state index in [1.54, 1.807) is 13.8 Å². The van der Waals surface area contributed by atoms with Gasteiger partial charge in [-0.05, 0) is 38.3 Å². The SMILES string of the molecule is CCOP(=O)(OCC)C(COC(C)=O)OC[C@H]1O[C@@H](n2nnc3c(NC4CCCC4)nc(Cl)nc32)[C@H](OC(C)=O)[C@@H]1OC(C)=O. The Kier molecular flexibility index (Phi) is 12.1. The molecule has 0 radical (unpaired) electrons. The summed E-state index contributed by atoms with van der Waals surface area (Å²) in [5.41, 5.74) is 0.474. The molecule has 19 heteroatoms. The smallest absolute Gasteiger partial charge is 0.362 e. The molecule has 2 aliphatic rings. The third kappa shape index (κ3) is 8.65. The number of nitrogens with zero attached hydrogens (tertiary/aromatic N) is 5. The van der Waals surface area contributed by atoms with Gasteiger partial charge in [0.25, 0.3) is 0 Å². The molecule has 0 aromatic carbocycles. The van der Waals surface area contributed by atoms with Crippen molar-refractivity contribution in [2.24, 2.45) is 0 Å². The van der Waals surface area contributed by atoms with Crippen LogP contribution < -0.4 is 5.32 Å². The van der Waals surface area contributed by atoms with E-state index in [-0.39, 0.29) is 36.8 Å². The van der Waals surface area contributed by atoms with E-state index in [0.717, 1.165) is 25.7 Å². The van der Waals surface area contributed by atoms with Gasteiger partial charge in [-0.1, -0.05) is 18.1 Å². The Balaban J connectivity index is 1.68. The number of nitrogens with one attached hydrogen (secondary N) is 1. The summed E-state index contributed by atoms with van der Waals surface area (Å²) in [7, 11) is -3.96. The molecule has 1 unspecified atom stereocenters. The van der Waals surface area contributed by atoms with Crippen LogP contribution in [0.15, 0.2) is 0 Å². The number of carbonyl (C=O) groups excluding carboxylic acids is 3. The monoisotopic (exact) mass is 676 g/mol. The fourth-order valence-electron chi connectivity index (χ4n) is 5.22. The fourth-order valence-corrected chi connectivity index (χ4v) is 7.04. The average molecular weight is 677 g/mol. The summed E-state index contributed by atoms with van der Waals surface area (Å²) in [5.74, 6) is -3.02. The summed E-state index contributed by atoms with van der Waals surface area (Å²) >= 11 is 6.29. The van der Waals surface area contributed by atoms with Crippen molar-refractivity contribution in [2.75, 3.05) is 31.7 Å². The molecule has 1 aliphatic heterocycles. The van der Waals surface area contributed by atoms with Crippen molar-refractivity contribution in [3.05, 3.63) is 5.28 Å². The second kappa shape index (κ2) is 15.6. The summed E-state index contributed by atoms with van der Waals surface area (Å²) in [5, 5.41) is 11.7. The molecule has 45 heavy (non-hydrogen) atoms. The van der Waals surface area contributed by atoms with Crippen LogP contribution in [0.2, 0.25) is 5.28 Å². The number of esters is 3. The zero-order chi connectivity index (χ0) is 32.7. The van der Waals surface area contributed by atoms with Crippen molar-refractivity contribution in [1.82, 2.24) is 25.0 Å². The third-order valence-corrected chi connectivity index (χ3v) is 9.38. The highest BCUT2D eigenvalue weighted by molar-refractivity contribution is 7.54. The van der Waals surface area contributed by atoms with Gasteiger partial charge in [0.2, 0.25) is 5.28 Å². The Bertz CT molecular complexity index is 1400. The number of hydrogen-bond acceptors (Lipinski definition) is 16. The van der Waals surface area contributed by atoms with Crippen molar-refractivity contribution in [3.63, 3.8) is 0 Å². The van der Waals surface area contributed by atoms with Crippen LogP contribution in [0.3, 0.4) is 0 Å².